The topological polar surface area (TPSA) is 60.2 Å². The highest BCUT2D eigenvalue weighted by atomic mass is 35.5. The average Bonchev–Trinajstić information content (AvgIpc) is 3.11. The van der Waals surface area contributed by atoms with E-state index in [0.29, 0.717) is 10.8 Å². The molecule has 1 amide bonds. The molecule has 0 aliphatic carbocycles. The van der Waals surface area contributed by atoms with Crippen molar-refractivity contribution in [1.82, 2.24) is 19.6 Å². The van der Waals surface area contributed by atoms with E-state index in [2.05, 4.69) is 9.97 Å². The Morgan fingerprint density at radius 3 is 2.83 bits per heavy atom. The van der Waals surface area contributed by atoms with E-state index in [1.807, 2.05) is 36.4 Å². The lowest BCUT2D eigenvalue weighted by Gasteiger charge is -2.11. The molecule has 0 aliphatic rings. The van der Waals surface area contributed by atoms with Gasteiger partial charge < -0.3 is 4.57 Å². The van der Waals surface area contributed by atoms with Crippen LogP contribution in [-0.4, -0.2) is 39.7 Å². The largest absolute Gasteiger partial charge is 0.305 e. The van der Waals surface area contributed by atoms with Crippen LogP contribution in [0.5, 0.6) is 0 Å². The first-order valence-corrected chi connectivity index (χ1v) is 7.55. The molecule has 0 atom stereocenters. The van der Waals surface area contributed by atoms with Crippen LogP contribution in [0.2, 0.25) is 5.15 Å². The molecule has 0 N–H and O–H groups in total. The third kappa shape index (κ3) is 3.15. The van der Waals surface area contributed by atoms with Crippen molar-refractivity contribution < 1.29 is 9.63 Å². The Labute approximate surface area is 144 Å². The molecule has 0 aliphatic heterocycles. The molecule has 2 heterocycles. The molecule has 0 saturated heterocycles. The van der Waals surface area contributed by atoms with Crippen molar-refractivity contribution >= 4 is 17.5 Å². The Morgan fingerprint density at radius 2 is 2.08 bits per heavy atom. The lowest BCUT2D eigenvalue weighted by atomic mass is 10.1. The van der Waals surface area contributed by atoms with E-state index in [1.54, 1.807) is 23.3 Å². The van der Waals surface area contributed by atoms with Crippen molar-refractivity contribution in [2.75, 3.05) is 14.2 Å². The average molecular weight is 343 g/mol. The van der Waals surface area contributed by atoms with Gasteiger partial charge in [-0.2, -0.15) is 0 Å². The van der Waals surface area contributed by atoms with Crippen LogP contribution in [0.4, 0.5) is 0 Å². The molecule has 6 nitrogen and oxygen atoms in total. The van der Waals surface area contributed by atoms with Gasteiger partial charge >= 0.3 is 0 Å². The third-order valence-corrected chi connectivity index (χ3v) is 3.88. The number of carbonyl (C=O) groups excluding carboxylic acids is 1. The highest BCUT2D eigenvalue weighted by Crippen LogP contribution is 2.27. The van der Waals surface area contributed by atoms with Crippen LogP contribution in [0, 0.1) is 0 Å². The summed E-state index contributed by atoms with van der Waals surface area (Å²) >= 11 is 6.16. The zero-order valence-corrected chi connectivity index (χ0v) is 13.9. The van der Waals surface area contributed by atoms with Crippen molar-refractivity contribution in [2.24, 2.45) is 0 Å². The predicted octanol–water partition coefficient (Wildman–Crippen LogP) is 3.22. The molecule has 122 valence electrons. The van der Waals surface area contributed by atoms with Crippen molar-refractivity contribution in [3.63, 3.8) is 0 Å². The zero-order valence-electron chi connectivity index (χ0n) is 13.2. The van der Waals surface area contributed by atoms with E-state index in [1.165, 1.54) is 14.2 Å². The van der Waals surface area contributed by atoms with Crippen LogP contribution in [0.25, 0.3) is 16.8 Å². The number of amides is 1. The SMILES string of the molecule is CON(C)C(=O)c1cn(-c2cccc(-c3cccnc3Cl)c2)cn1. The van der Waals surface area contributed by atoms with E-state index in [-0.39, 0.29) is 5.91 Å². The van der Waals surface area contributed by atoms with Crippen molar-refractivity contribution in [2.45, 2.75) is 0 Å². The molecule has 0 bridgehead atoms. The number of aromatic nitrogens is 3. The number of halogens is 1. The monoisotopic (exact) mass is 342 g/mol. The number of nitrogens with zero attached hydrogens (tertiary/aromatic N) is 4. The molecule has 7 heteroatoms. The fraction of sp³-hybridized carbons (Fsp3) is 0.118. The molecule has 0 unspecified atom stereocenters. The third-order valence-electron chi connectivity index (χ3n) is 3.58. The summed E-state index contributed by atoms with van der Waals surface area (Å²) in [6, 6.07) is 11.5. The maximum absolute atomic E-state index is 12.1. The molecule has 2 aromatic heterocycles. The van der Waals surface area contributed by atoms with Crippen LogP contribution in [0.15, 0.2) is 55.1 Å². The van der Waals surface area contributed by atoms with E-state index in [0.717, 1.165) is 21.9 Å². The molecule has 0 fully saturated rings. The van der Waals surface area contributed by atoms with Crippen LogP contribution in [0.1, 0.15) is 10.5 Å². The number of pyridine rings is 1. The molecule has 0 saturated carbocycles. The van der Waals surface area contributed by atoms with Gasteiger partial charge in [0.2, 0.25) is 0 Å². The van der Waals surface area contributed by atoms with Crippen LogP contribution >= 0.6 is 11.6 Å². The zero-order chi connectivity index (χ0) is 17.1. The van der Waals surface area contributed by atoms with Gasteiger partial charge in [-0.1, -0.05) is 23.7 Å². The van der Waals surface area contributed by atoms with Gasteiger partial charge in [0.1, 0.15) is 17.2 Å². The summed E-state index contributed by atoms with van der Waals surface area (Å²) < 4.78 is 1.77. The number of hydrogen-bond donors (Lipinski definition) is 0. The minimum atomic E-state index is -0.317. The van der Waals surface area contributed by atoms with Gasteiger partial charge in [0, 0.05) is 30.7 Å². The summed E-state index contributed by atoms with van der Waals surface area (Å²) in [5, 5.41) is 1.57. The Bertz CT molecular complexity index is 878. The number of imidazole rings is 1. The number of carbonyl (C=O) groups is 1. The number of hydroxylamine groups is 2. The number of rotatable bonds is 4. The maximum atomic E-state index is 12.1. The summed E-state index contributed by atoms with van der Waals surface area (Å²) in [4.78, 5) is 25.2. The Hall–Kier alpha value is -2.70. The quantitative estimate of drug-likeness (QED) is 0.539. The van der Waals surface area contributed by atoms with E-state index in [4.69, 9.17) is 16.4 Å². The van der Waals surface area contributed by atoms with E-state index in [9.17, 15) is 4.79 Å². The molecule has 3 aromatic rings. The molecular weight excluding hydrogens is 328 g/mol. The second-order valence-electron chi connectivity index (χ2n) is 5.04. The number of benzene rings is 1. The van der Waals surface area contributed by atoms with Crippen LogP contribution in [-0.2, 0) is 4.84 Å². The summed E-state index contributed by atoms with van der Waals surface area (Å²) in [6.45, 7) is 0. The van der Waals surface area contributed by atoms with Gasteiger partial charge in [-0.25, -0.2) is 15.0 Å². The molecule has 1 aromatic carbocycles. The fourth-order valence-corrected chi connectivity index (χ4v) is 2.48. The highest BCUT2D eigenvalue weighted by molar-refractivity contribution is 6.32. The van der Waals surface area contributed by atoms with Gasteiger partial charge in [-0.05, 0) is 29.8 Å². The molecule has 0 radical (unpaired) electrons. The van der Waals surface area contributed by atoms with Crippen LogP contribution < -0.4 is 0 Å². The minimum Gasteiger partial charge on any atom is -0.305 e. The Morgan fingerprint density at radius 1 is 1.25 bits per heavy atom. The van der Waals surface area contributed by atoms with E-state index >= 15 is 0 Å². The van der Waals surface area contributed by atoms with Gasteiger partial charge in [0.15, 0.2) is 0 Å². The molecule has 0 spiro atoms. The summed E-state index contributed by atoms with van der Waals surface area (Å²) in [7, 11) is 2.96. The lowest BCUT2D eigenvalue weighted by molar-refractivity contribution is -0.0760. The van der Waals surface area contributed by atoms with Gasteiger partial charge in [0.25, 0.3) is 5.91 Å². The second-order valence-corrected chi connectivity index (χ2v) is 5.40. The van der Waals surface area contributed by atoms with Crippen molar-refractivity contribution in [3.05, 3.63) is 66.0 Å². The van der Waals surface area contributed by atoms with Crippen molar-refractivity contribution in [3.8, 4) is 16.8 Å². The molecular formula is C17H15ClN4O2. The number of hydrogen-bond acceptors (Lipinski definition) is 4. The minimum absolute atomic E-state index is 0.296. The van der Waals surface area contributed by atoms with Gasteiger partial charge in [-0.15, -0.1) is 0 Å². The first kappa shape index (κ1) is 16.2. The predicted molar refractivity (Wildman–Crippen MR) is 90.9 cm³/mol. The normalized spacial score (nSPS) is 10.6. The first-order chi connectivity index (χ1) is 11.6. The fourth-order valence-electron chi connectivity index (χ4n) is 2.25. The standard InChI is InChI=1S/C17H15ClN4O2/c1-21(24-2)17(23)15-10-22(11-20-15)13-6-3-5-12(9-13)14-7-4-8-19-16(14)18/h3-11H,1-2H3. The van der Waals surface area contributed by atoms with Gasteiger partial charge in [-0.3, -0.25) is 9.63 Å². The maximum Gasteiger partial charge on any atom is 0.297 e. The Kier molecular flexibility index (Phi) is 4.59. The van der Waals surface area contributed by atoms with Crippen LogP contribution in [0.3, 0.4) is 0 Å². The second kappa shape index (κ2) is 6.82. The molecule has 24 heavy (non-hydrogen) atoms. The smallest absolute Gasteiger partial charge is 0.297 e. The summed E-state index contributed by atoms with van der Waals surface area (Å²) in [6.07, 6.45) is 4.89. The Balaban J connectivity index is 1.94. The lowest BCUT2D eigenvalue weighted by Crippen LogP contribution is -2.25. The summed E-state index contributed by atoms with van der Waals surface area (Å²) in [5.74, 6) is -0.317. The highest BCUT2D eigenvalue weighted by Gasteiger charge is 2.15. The van der Waals surface area contributed by atoms with E-state index < -0.39 is 0 Å². The molecule has 3 rings (SSSR count). The van der Waals surface area contributed by atoms with Gasteiger partial charge in [0.05, 0.1) is 7.11 Å². The first-order valence-electron chi connectivity index (χ1n) is 7.17. The summed E-state index contributed by atoms with van der Waals surface area (Å²) in [5.41, 5.74) is 2.93. The van der Waals surface area contributed by atoms with Crippen molar-refractivity contribution in [1.29, 1.82) is 0 Å².